The Kier molecular flexibility index (Phi) is 5.59. The molecule has 0 atom stereocenters. The fraction of sp³-hybridized carbons (Fsp3) is 0.562. The van der Waals surface area contributed by atoms with Crippen LogP contribution in [0, 0.1) is 0 Å². The number of hydrogen-bond acceptors (Lipinski definition) is 3. The second-order valence-electron chi connectivity index (χ2n) is 5.99. The van der Waals surface area contributed by atoms with Crippen LogP contribution in [0.5, 0.6) is 0 Å². The first-order valence-corrected chi connectivity index (χ1v) is 7.55. The molecule has 1 fully saturated rings. The van der Waals surface area contributed by atoms with Gasteiger partial charge in [0, 0.05) is 32.2 Å². The van der Waals surface area contributed by atoms with Crippen molar-refractivity contribution < 1.29 is 4.79 Å². The van der Waals surface area contributed by atoms with Crippen LogP contribution in [0.25, 0.3) is 0 Å². The fourth-order valence-electron chi connectivity index (χ4n) is 2.78. The first-order valence-electron chi connectivity index (χ1n) is 7.55. The number of primary amides is 1. The molecule has 1 heterocycles. The van der Waals surface area contributed by atoms with Crippen molar-refractivity contribution in [1.82, 2.24) is 15.1 Å². The van der Waals surface area contributed by atoms with Crippen LogP contribution in [0.3, 0.4) is 0 Å². The maximum atomic E-state index is 11.1. The maximum Gasteiger partial charge on any atom is 0.314 e. The van der Waals surface area contributed by atoms with Crippen molar-refractivity contribution in [3.63, 3.8) is 0 Å². The number of hydrogen-bond donors (Lipinski definition) is 2. The zero-order valence-electron chi connectivity index (χ0n) is 13.0. The molecule has 1 aromatic carbocycles. The van der Waals surface area contributed by atoms with E-state index >= 15 is 0 Å². The van der Waals surface area contributed by atoms with Crippen molar-refractivity contribution in [3.05, 3.63) is 35.4 Å². The molecule has 2 amide bonds. The highest BCUT2D eigenvalue weighted by Gasteiger charge is 2.20. The molecule has 2 rings (SSSR count). The van der Waals surface area contributed by atoms with Crippen molar-refractivity contribution in [1.29, 1.82) is 0 Å². The third-order valence-corrected chi connectivity index (χ3v) is 3.99. The molecular formula is C16H26N4O. The number of rotatable bonds is 5. The van der Waals surface area contributed by atoms with Crippen LogP contribution in [-0.4, -0.2) is 49.1 Å². The lowest BCUT2D eigenvalue weighted by molar-refractivity contribution is 0.185. The third kappa shape index (κ3) is 4.72. The second-order valence-corrected chi connectivity index (χ2v) is 5.99. The van der Waals surface area contributed by atoms with E-state index in [0.29, 0.717) is 6.04 Å². The number of urea groups is 1. The van der Waals surface area contributed by atoms with E-state index < -0.39 is 0 Å². The molecule has 5 nitrogen and oxygen atoms in total. The predicted octanol–water partition coefficient (Wildman–Crippen LogP) is 1.38. The number of amides is 2. The molecule has 1 aliphatic heterocycles. The molecule has 21 heavy (non-hydrogen) atoms. The Hall–Kier alpha value is -1.59. The van der Waals surface area contributed by atoms with Crippen molar-refractivity contribution in [2.75, 3.05) is 27.2 Å². The van der Waals surface area contributed by atoms with Crippen molar-refractivity contribution in [3.8, 4) is 0 Å². The van der Waals surface area contributed by atoms with E-state index in [9.17, 15) is 4.79 Å². The fourth-order valence-corrected chi connectivity index (χ4v) is 2.78. The summed E-state index contributed by atoms with van der Waals surface area (Å²) in [5.74, 6) is 0. The van der Waals surface area contributed by atoms with Crippen molar-refractivity contribution in [2.24, 2.45) is 5.73 Å². The van der Waals surface area contributed by atoms with Gasteiger partial charge in [-0.2, -0.15) is 0 Å². The monoisotopic (exact) mass is 290 g/mol. The number of nitrogens with zero attached hydrogens (tertiary/aromatic N) is 2. The van der Waals surface area contributed by atoms with Gasteiger partial charge in [0.15, 0.2) is 0 Å². The highest BCUT2D eigenvalue weighted by atomic mass is 16.2. The number of nitrogens with two attached hydrogens (primary N) is 1. The van der Waals surface area contributed by atoms with Gasteiger partial charge in [-0.05, 0) is 38.1 Å². The molecule has 116 valence electrons. The van der Waals surface area contributed by atoms with Crippen LogP contribution >= 0.6 is 0 Å². The van der Waals surface area contributed by atoms with Gasteiger partial charge in [0.05, 0.1) is 0 Å². The number of carbonyl (C=O) groups is 1. The summed E-state index contributed by atoms with van der Waals surface area (Å²) >= 11 is 0. The Labute approximate surface area is 127 Å². The van der Waals surface area contributed by atoms with Gasteiger partial charge < -0.3 is 20.9 Å². The van der Waals surface area contributed by atoms with Crippen molar-refractivity contribution >= 4 is 6.03 Å². The summed E-state index contributed by atoms with van der Waals surface area (Å²) in [6.45, 7) is 3.35. The predicted molar refractivity (Wildman–Crippen MR) is 84.9 cm³/mol. The van der Waals surface area contributed by atoms with E-state index in [2.05, 4.69) is 48.6 Å². The van der Waals surface area contributed by atoms with Gasteiger partial charge >= 0.3 is 6.03 Å². The lowest BCUT2D eigenvalue weighted by Crippen LogP contribution is -2.46. The van der Waals surface area contributed by atoms with E-state index in [0.717, 1.165) is 39.0 Å². The summed E-state index contributed by atoms with van der Waals surface area (Å²) in [6.07, 6.45) is 1.94. The highest BCUT2D eigenvalue weighted by Crippen LogP contribution is 2.14. The Morgan fingerprint density at radius 2 is 1.90 bits per heavy atom. The molecule has 1 aliphatic rings. The van der Waals surface area contributed by atoms with Crippen molar-refractivity contribution in [2.45, 2.75) is 32.0 Å². The Bertz CT molecular complexity index is 467. The Balaban J connectivity index is 1.85. The first-order chi connectivity index (χ1) is 10.1. The minimum absolute atomic E-state index is 0.301. The first kappa shape index (κ1) is 15.8. The quantitative estimate of drug-likeness (QED) is 0.861. The SMILES string of the molecule is CN(C)Cc1ccccc1CNC1CCN(C(N)=O)CC1. The summed E-state index contributed by atoms with van der Waals surface area (Å²) < 4.78 is 0. The van der Waals surface area contributed by atoms with E-state index in [1.165, 1.54) is 11.1 Å². The second kappa shape index (κ2) is 7.43. The molecule has 3 N–H and O–H groups in total. The van der Waals surface area contributed by atoms with Gasteiger partial charge in [0.25, 0.3) is 0 Å². The third-order valence-electron chi connectivity index (χ3n) is 3.99. The summed E-state index contributed by atoms with van der Waals surface area (Å²) in [4.78, 5) is 15.0. The molecule has 0 spiro atoms. The van der Waals surface area contributed by atoms with Crippen LogP contribution in [-0.2, 0) is 13.1 Å². The van der Waals surface area contributed by atoms with Gasteiger partial charge in [0.1, 0.15) is 0 Å². The maximum absolute atomic E-state index is 11.1. The molecular weight excluding hydrogens is 264 g/mol. The molecule has 0 saturated carbocycles. The molecule has 0 aromatic heterocycles. The van der Waals surface area contributed by atoms with Gasteiger partial charge in [-0.15, -0.1) is 0 Å². The number of nitrogens with one attached hydrogen (secondary N) is 1. The van der Waals surface area contributed by atoms with Crippen LogP contribution in [0.1, 0.15) is 24.0 Å². The summed E-state index contributed by atoms with van der Waals surface area (Å²) in [6, 6.07) is 8.72. The van der Waals surface area contributed by atoms with Crippen LogP contribution in [0.15, 0.2) is 24.3 Å². The normalized spacial score (nSPS) is 16.4. The minimum Gasteiger partial charge on any atom is -0.351 e. The number of carbonyl (C=O) groups excluding carboxylic acids is 1. The van der Waals surface area contributed by atoms with Gasteiger partial charge in [-0.3, -0.25) is 0 Å². The molecule has 0 aliphatic carbocycles. The zero-order chi connectivity index (χ0) is 15.2. The summed E-state index contributed by atoms with van der Waals surface area (Å²) in [7, 11) is 4.17. The lowest BCUT2D eigenvalue weighted by Gasteiger charge is -2.31. The van der Waals surface area contributed by atoms with Gasteiger partial charge in [-0.1, -0.05) is 24.3 Å². The molecule has 1 saturated heterocycles. The Morgan fingerprint density at radius 1 is 1.29 bits per heavy atom. The average Bonchev–Trinajstić information content (AvgIpc) is 2.46. The number of benzene rings is 1. The Morgan fingerprint density at radius 3 is 2.48 bits per heavy atom. The van der Waals surface area contributed by atoms with E-state index in [-0.39, 0.29) is 6.03 Å². The van der Waals surface area contributed by atoms with Crippen LogP contribution in [0.2, 0.25) is 0 Å². The van der Waals surface area contributed by atoms with Crippen LogP contribution in [0.4, 0.5) is 4.79 Å². The van der Waals surface area contributed by atoms with Gasteiger partial charge in [-0.25, -0.2) is 4.79 Å². The van der Waals surface area contributed by atoms with Crippen LogP contribution < -0.4 is 11.1 Å². The highest BCUT2D eigenvalue weighted by molar-refractivity contribution is 5.72. The van der Waals surface area contributed by atoms with E-state index in [4.69, 9.17) is 5.73 Å². The summed E-state index contributed by atoms with van der Waals surface area (Å²) in [5.41, 5.74) is 8.02. The zero-order valence-corrected chi connectivity index (χ0v) is 13.0. The molecule has 1 aromatic rings. The standard InChI is InChI=1S/C16H26N4O/c1-19(2)12-14-6-4-3-5-13(14)11-18-15-7-9-20(10-8-15)16(17)21/h3-6,15,18H,7-12H2,1-2H3,(H2,17,21). The largest absolute Gasteiger partial charge is 0.351 e. The summed E-state index contributed by atoms with van der Waals surface area (Å²) in [5, 5.41) is 3.61. The topological polar surface area (TPSA) is 61.6 Å². The van der Waals surface area contributed by atoms with E-state index in [1.54, 1.807) is 4.90 Å². The average molecular weight is 290 g/mol. The molecule has 0 bridgehead atoms. The minimum atomic E-state index is -0.301. The molecule has 0 unspecified atom stereocenters. The smallest absolute Gasteiger partial charge is 0.314 e. The molecule has 5 heteroatoms. The molecule has 0 radical (unpaired) electrons. The number of piperidine rings is 1. The van der Waals surface area contributed by atoms with Gasteiger partial charge in [0.2, 0.25) is 0 Å². The lowest BCUT2D eigenvalue weighted by atomic mass is 10.0. The van der Waals surface area contributed by atoms with E-state index in [1.807, 2.05) is 0 Å². The number of likely N-dealkylation sites (tertiary alicyclic amines) is 1.